The SMILES string of the molecule is CC1OCCC1C(=O)N(CCN)CC(F)F. The van der Waals surface area contributed by atoms with E-state index in [1.807, 2.05) is 0 Å². The zero-order chi connectivity index (χ0) is 12.1. The maximum absolute atomic E-state index is 12.3. The highest BCUT2D eigenvalue weighted by Crippen LogP contribution is 2.22. The highest BCUT2D eigenvalue weighted by atomic mass is 19.3. The fourth-order valence-electron chi connectivity index (χ4n) is 1.90. The molecule has 0 aromatic rings. The largest absolute Gasteiger partial charge is 0.378 e. The van der Waals surface area contributed by atoms with Crippen molar-refractivity contribution >= 4 is 5.91 Å². The van der Waals surface area contributed by atoms with Crippen LogP contribution >= 0.6 is 0 Å². The average Bonchev–Trinajstić information content (AvgIpc) is 2.62. The summed E-state index contributed by atoms with van der Waals surface area (Å²) < 4.78 is 29.8. The van der Waals surface area contributed by atoms with Crippen molar-refractivity contribution < 1.29 is 18.3 Å². The van der Waals surface area contributed by atoms with E-state index in [0.717, 1.165) is 4.90 Å². The average molecular weight is 236 g/mol. The summed E-state index contributed by atoms with van der Waals surface area (Å²) in [4.78, 5) is 13.1. The van der Waals surface area contributed by atoms with Gasteiger partial charge in [-0.2, -0.15) is 0 Å². The van der Waals surface area contributed by atoms with Crippen LogP contribution in [0.5, 0.6) is 0 Å². The van der Waals surface area contributed by atoms with E-state index >= 15 is 0 Å². The molecule has 1 aliphatic rings. The number of halogens is 2. The summed E-state index contributed by atoms with van der Waals surface area (Å²) in [6, 6.07) is 0. The van der Waals surface area contributed by atoms with Crippen LogP contribution in [-0.4, -0.2) is 49.6 Å². The Kier molecular flexibility index (Phi) is 5.08. The molecule has 6 heteroatoms. The van der Waals surface area contributed by atoms with Gasteiger partial charge in [-0.25, -0.2) is 8.78 Å². The lowest BCUT2D eigenvalue weighted by molar-refractivity contribution is -0.138. The van der Waals surface area contributed by atoms with Crippen LogP contribution in [-0.2, 0) is 9.53 Å². The number of alkyl halides is 2. The first-order valence-corrected chi connectivity index (χ1v) is 5.45. The van der Waals surface area contributed by atoms with Crippen LogP contribution in [0.25, 0.3) is 0 Å². The van der Waals surface area contributed by atoms with Crippen LogP contribution in [0.3, 0.4) is 0 Å². The normalized spacial score (nSPS) is 25.1. The Morgan fingerprint density at radius 3 is 2.75 bits per heavy atom. The minimum Gasteiger partial charge on any atom is -0.378 e. The Morgan fingerprint density at radius 1 is 1.62 bits per heavy atom. The first kappa shape index (κ1) is 13.3. The van der Waals surface area contributed by atoms with Crippen LogP contribution in [0, 0.1) is 5.92 Å². The van der Waals surface area contributed by atoms with Gasteiger partial charge in [-0.05, 0) is 13.3 Å². The van der Waals surface area contributed by atoms with Crippen LogP contribution < -0.4 is 5.73 Å². The van der Waals surface area contributed by atoms with Crippen molar-refractivity contribution in [3.05, 3.63) is 0 Å². The number of amides is 1. The smallest absolute Gasteiger partial charge is 0.255 e. The number of ether oxygens (including phenoxy) is 1. The summed E-state index contributed by atoms with van der Waals surface area (Å²) in [7, 11) is 0. The van der Waals surface area contributed by atoms with E-state index in [1.165, 1.54) is 0 Å². The number of nitrogens with zero attached hydrogens (tertiary/aromatic N) is 1. The maximum Gasteiger partial charge on any atom is 0.255 e. The topological polar surface area (TPSA) is 55.6 Å². The Morgan fingerprint density at radius 2 is 2.31 bits per heavy atom. The van der Waals surface area contributed by atoms with Gasteiger partial charge < -0.3 is 15.4 Å². The van der Waals surface area contributed by atoms with E-state index in [9.17, 15) is 13.6 Å². The molecule has 16 heavy (non-hydrogen) atoms. The molecule has 2 atom stereocenters. The van der Waals surface area contributed by atoms with Gasteiger partial charge >= 0.3 is 0 Å². The fraction of sp³-hybridized carbons (Fsp3) is 0.900. The van der Waals surface area contributed by atoms with Gasteiger partial charge in [-0.15, -0.1) is 0 Å². The first-order valence-electron chi connectivity index (χ1n) is 5.45. The van der Waals surface area contributed by atoms with Gasteiger partial charge in [0.2, 0.25) is 5.91 Å². The lowest BCUT2D eigenvalue weighted by Crippen LogP contribution is -2.43. The molecule has 1 saturated heterocycles. The molecule has 0 aromatic heterocycles. The Balaban J connectivity index is 2.58. The third kappa shape index (κ3) is 3.38. The molecule has 1 aliphatic heterocycles. The molecule has 0 aromatic carbocycles. The highest BCUT2D eigenvalue weighted by molar-refractivity contribution is 5.79. The van der Waals surface area contributed by atoms with E-state index in [-0.39, 0.29) is 31.0 Å². The molecule has 1 rings (SSSR count). The van der Waals surface area contributed by atoms with Crippen molar-refractivity contribution in [2.45, 2.75) is 25.9 Å². The van der Waals surface area contributed by atoms with Crippen LogP contribution in [0.4, 0.5) is 8.78 Å². The molecule has 4 nitrogen and oxygen atoms in total. The molecular weight excluding hydrogens is 218 g/mol. The number of hydrogen-bond acceptors (Lipinski definition) is 3. The van der Waals surface area contributed by atoms with Crippen molar-refractivity contribution in [3.8, 4) is 0 Å². The summed E-state index contributed by atoms with van der Waals surface area (Å²) in [5.74, 6) is -0.568. The van der Waals surface area contributed by atoms with Crippen LogP contribution in [0.2, 0.25) is 0 Å². The van der Waals surface area contributed by atoms with Gasteiger partial charge in [-0.3, -0.25) is 4.79 Å². The minimum absolute atomic E-state index is 0.173. The van der Waals surface area contributed by atoms with Gasteiger partial charge in [-0.1, -0.05) is 0 Å². The standard InChI is InChI=1S/C10H18F2N2O2/c1-7-8(2-5-16-7)10(15)14(4-3-13)6-9(11)12/h7-9H,2-6,13H2,1H3. The molecule has 2 N–H and O–H groups in total. The van der Waals surface area contributed by atoms with E-state index in [1.54, 1.807) is 6.92 Å². The van der Waals surface area contributed by atoms with Gasteiger partial charge in [0.15, 0.2) is 0 Å². The third-order valence-corrected chi connectivity index (χ3v) is 2.76. The van der Waals surface area contributed by atoms with Crippen molar-refractivity contribution in [2.24, 2.45) is 11.7 Å². The van der Waals surface area contributed by atoms with E-state index < -0.39 is 13.0 Å². The second-order valence-electron chi connectivity index (χ2n) is 3.94. The Labute approximate surface area is 93.7 Å². The number of rotatable bonds is 5. The molecule has 0 saturated carbocycles. The molecule has 1 fully saturated rings. The molecule has 0 radical (unpaired) electrons. The predicted octanol–water partition coefficient (Wildman–Crippen LogP) is 0.464. The van der Waals surface area contributed by atoms with Gasteiger partial charge in [0.25, 0.3) is 6.43 Å². The Bertz CT molecular complexity index is 239. The van der Waals surface area contributed by atoms with Crippen molar-refractivity contribution in [1.82, 2.24) is 4.90 Å². The lowest BCUT2D eigenvalue weighted by atomic mass is 10.0. The molecule has 2 unspecified atom stereocenters. The van der Waals surface area contributed by atoms with Gasteiger partial charge in [0.1, 0.15) is 0 Å². The minimum atomic E-state index is -2.52. The zero-order valence-corrected chi connectivity index (χ0v) is 9.36. The van der Waals surface area contributed by atoms with Crippen LogP contribution in [0.15, 0.2) is 0 Å². The third-order valence-electron chi connectivity index (χ3n) is 2.76. The Hall–Kier alpha value is -0.750. The molecule has 94 valence electrons. The fourth-order valence-corrected chi connectivity index (χ4v) is 1.90. The number of hydrogen-bond donors (Lipinski definition) is 1. The summed E-state index contributed by atoms with van der Waals surface area (Å²) in [5, 5.41) is 0. The lowest BCUT2D eigenvalue weighted by Gasteiger charge is -2.25. The van der Waals surface area contributed by atoms with Gasteiger partial charge in [0, 0.05) is 19.7 Å². The molecular formula is C10H18F2N2O2. The summed E-state index contributed by atoms with van der Waals surface area (Å²) in [6.07, 6.45) is -2.11. The first-order chi connectivity index (χ1) is 7.56. The molecule has 1 heterocycles. The summed E-state index contributed by atoms with van der Waals surface area (Å²) in [6.45, 7) is 2.13. The van der Waals surface area contributed by atoms with Crippen molar-refractivity contribution in [1.29, 1.82) is 0 Å². The molecule has 0 spiro atoms. The zero-order valence-electron chi connectivity index (χ0n) is 9.36. The van der Waals surface area contributed by atoms with Crippen LogP contribution in [0.1, 0.15) is 13.3 Å². The van der Waals surface area contributed by atoms with E-state index in [0.29, 0.717) is 13.0 Å². The summed E-state index contributed by atoms with van der Waals surface area (Å²) in [5.41, 5.74) is 5.31. The monoisotopic (exact) mass is 236 g/mol. The quantitative estimate of drug-likeness (QED) is 0.754. The maximum atomic E-state index is 12.3. The van der Waals surface area contributed by atoms with Crippen molar-refractivity contribution in [3.63, 3.8) is 0 Å². The van der Waals surface area contributed by atoms with E-state index in [4.69, 9.17) is 10.5 Å². The van der Waals surface area contributed by atoms with E-state index in [2.05, 4.69) is 0 Å². The number of nitrogens with two attached hydrogens (primary N) is 1. The molecule has 0 aliphatic carbocycles. The highest BCUT2D eigenvalue weighted by Gasteiger charge is 2.34. The second-order valence-corrected chi connectivity index (χ2v) is 3.94. The second kappa shape index (κ2) is 6.10. The summed E-state index contributed by atoms with van der Waals surface area (Å²) >= 11 is 0. The number of carbonyl (C=O) groups is 1. The van der Waals surface area contributed by atoms with Crippen molar-refractivity contribution in [2.75, 3.05) is 26.2 Å². The number of carbonyl (C=O) groups excluding carboxylic acids is 1. The van der Waals surface area contributed by atoms with Gasteiger partial charge in [0.05, 0.1) is 18.6 Å². The predicted molar refractivity (Wildman–Crippen MR) is 55.2 cm³/mol. The molecule has 1 amide bonds. The molecule has 0 bridgehead atoms.